The normalized spacial score (nSPS) is 12.5. The number of aryl methyl sites for hydroxylation is 1. The Morgan fingerprint density at radius 1 is 1.43 bits per heavy atom. The molecule has 1 atom stereocenters. The van der Waals surface area contributed by atoms with Crippen molar-refractivity contribution in [1.82, 2.24) is 0 Å². The van der Waals surface area contributed by atoms with Crippen LogP contribution < -0.4 is 0 Å². The summed E-state index contributed by atoms with van der Waals surface area (Å²) in [7, 11) is 0. The maximum atomic E-state index is 12.5. The average molecular weight is 215 g/mol. The monoisotopic (exact) mass is 214 g/mol. The zero-order chi connectivity index (χ0) is 10.6. The van der Waals surface area contributed by atoms with Gasteiger partial charge in [0.15, 0.2) is 0 Å². The molecule has 3 heteroatoms. The first kappa shape index (κ1) is 11.2. The van der Waals surface area contributed by atoms with Crippen molar-refractivity contribution in [1.29, 1.82) is 0 Å². The van der Waals surface area contributed by atoms with E-state index in [-0.39, 0.29) is 10.8 Å². The molecule has 1 aromatic carbocycles. The second kappa shape index (κ2) is 5.13. The third-order valence-electron chi connectivity index (χ3n) is 1.98. The molecule has 0 aliphatic heterocycles. The Kier molecular flexibility index (Phi) is 4.11. The van der Waals surface area contributed by atoms with Crippen LogP contribution in [-0.4, -0.2) is 11.2 Å². The second-order valence-electron chi connectivity index (χ2n) is 3.13. The topological polar surface area (TPSA) is 20.2 Å². The molecule has 0 aliphatic rings. The predicted molar refractivity (Wildman–Crippen MR) is 55.7 cm³/mol. The van der Waals surface area contributed by atoms with Crippen LogP contribution in [-0.2, 0) is 6.42 Å². The van der Waals surface area contributed by atoms with Crippen molar-refractivity contribution in [2.45, 2.75) is 18.9 Å². The second-order valence-corrected chi connectivity index (χ2v) is 3.61. The Morgan fingerprint density at radius 3 is 2.50 bits per heavy atom. The Hall–Kier alpha value is -0.860. The molecule has 76 valence electrons. The summed E-state index contributed by atoms with van der Waals surface area (Å²) in [5.41, 5.74) is 0.975. The van der Waals surface area contributed by atoms with E-state index in [0.717, 1.165) is 5.56 Å². The van der Waals surface area contributed by atoms with Crippen LogP contribution in [0.2, 0.25) is 0 Å². The van der Waals surface area contributed by atoms with Crippen LogP contribution in [0, 0.1) is 5.82 Å². The molecule has 0 aliphatic carbocycles. The van der Waals surface area contributed by atoms with Crippen LogP contribution in [0.15, 0.2) is 35.9 Å². The number of aliphatic hydroxyl groups is 1. The first-order chi connectivity index (χ1) is 6.59. The highest BCUT2D eigenvalue weighted by Crippen LogP contribution is 2.12. The zero-order valence-electron chi connectivity index (χ0n) is 7.71. The van der Waals surface area contributed by atoms with Gasteiger partial charge >= 0.3 is 0 Å². The number of rotatable bonds is 4. The van der Waals surface area contributed by atoms with E-state index in [9.17, 15) is 9.50 Å². The summed E-state index contributed by atoms with van der Waals surface area (Å²) in [6.07, 6.45) is 0.475. The molecule has 1 N–H and O–H groups in total. The van der Waals surface area contributed by atoms with Crippen molar-refractivity contribution in [2.75, 3.05) is 0 Å². The van der Waals surface area contributed by atoms with E-state index in [1.807, 2.05) is 0 Å². The molecule has 0 saturated heterocycles. The smallest absolute Gasteiger partial charge is 0.123 e. The fourth-order valence-corrected chi connectivity index (χ4v) is 1.22. The van der Waals surface area contributed by atoms with Crippen LogP contribution in [0.1, 0.15) is 12.0 Å². The first-order valence-electron chi connectivity index (χ1n) is 4.36. The molecule has 0 radical (unpaired) electrons. The molecule has 0 fully saturated rings. The van der Waals surface area contributed by atoms with Crippen molar-refractivity contribution in [3.05, 3.63) is 47.3 Å². The molecule has 0 saturated carbocycles. The van der Waals surface area contributed by atoms with Crippen LogP contribution in [0.4, 0.5) is 4.39 Å². The van der Waals surface area contributed by atoms with E-state index in [4.69, 9.17) is 11.6 Å². The predicted octanol–water partition coefficient (Wildman–Crippen LogP) is 2.87. The van der Waals surface area contributed by atoms with E-state index in [1.165, 1.54) is 12.1 Å². The lowest BCUT2D eigenvalue weighted by atomic mass is 10.1. The van der Waals surface area contributed by atoms with Gasteiger partial charge in [-0.3, -0.25) is 0 Å². The van der Waals surface area contributed by atoms with Gasteiger partial charge in [-0.2, -0.15) is 0 Å². The van der Waals surface area contributed by atoms with Crippen LogP contribution in [0.3, 0.4) is 0 Å². The van der Waals surface area contributed by atoms with E-state index < -0.39 is 6.10 Å². The fraction of sp³-hybridized carbons (Fsp3) is 0.273. The molecule has 0 aromatic heterocycles. The van der Waals surface area contributed by atoms with Crippen molar-refractivity contribution in [2.24, 2.45) is 0 Å². The molecule has 1 aromatic rings. The standard InChI is InChI=1S/C11H12ClFO/c1-8(12)11(14)7-4-9-2-5-10(13)6-3-9/h2-3,5-6,11,14H,1,4,7H2. The van der Waals surface area contributed by atoms with Gasteiger partial charge < -0.3 is 5.11 Å². The summed E-state index contributed by atoms with van der Waals surface area (Å²) in [6.45, 7) is 3.44. The molecule has 1 rings (SSSR count). The molecule has 0 heterocycles. The molecule has 1 unspecified atom stereocenters. The number of hydrogen-bond acceptors (Lipinski definition) is 1. The molecular weight excluding hydrogens is 203 g/mol. The molecule has 0 amide bonds. The van der Waals surface area contributed by atoms with Gasteiger partial charge in [0.1, 0.15) is 5.82 Å². The van der Waals surface area contributed by atoms with Crippen LogP contribution in [0.5, 0.6) is 0 Å². The van der Waals surface area contributed by atoms with Crippen molar-refractivity contribution in [3.63, 3.8) is 0 Å². The highest BCUT2D eigenvalue weighted by molar-refractivity contribution is 6.29. The highest BCUT2D eigenvalue weighted by Gasteiger charge is 2.06. The summed E-state index contributed by atoms with van der Waals surface area (Å²) >= 11 is 5.52. The summed E-state index contributed by atoms with van der Waals surface area (Å²) in [5, 5.41) is 9.58. The number of hydrogen-bond donors (Lipinski definition) is 1. The third kappa shape index (κ3) is 3.48. The Morgan fingerprint density at radius 2 is 2.00 bits per heavy atom. The minimum atomic E-state index is -0.693. The molecule has 14 heavy (non-hydrogen) atoms. The van der Waals surface area contributed by atoms with E-state index in [0.29, 0.717) is 12.8 Å². The number of halogens is 2. The maximum Gasteiger partial charge on any atom is 0.123 e. The Labute approximate surface area is 87.8 Å². The Bertz CT molecular complexity index is 308. The highest BCUT2D eigenvalue weighted by atomic mass is 35.5. The third-order valence-corrected chi connectivity index (χ3v) is 2.23. The van der Waals surface area contributed by atoms with Crippen LogP contribution >= 0.6 is 11.6 Å². The van der Waals surface area contributed by atoms with E-state index >= 15 is 0 Å². The van der Waals surface area contributed by atoms with Gasteiger partial charge in [0.05, 0.1) is 6.10 Å². The Balaban J connectivity index is 2.46. The number of aliphatic hydroxyl groups excluding tert-OH is 1. The minimum Gasteiger partial charge on any atom is -0.388 e. The van der Waals surface area contributed by atoms with Gasteiger partial charge in [-0.1, -0.05) is 30.3 Å². The number of benzene rings is 1. The first-order valence-corrected chi connectivity index (χ1v) is 4.74. The van der Waals surface area contributed by atoms with Gasteiger partial charge in [0, 0.05) is 5.03 Å². The summed E-state index contributed by atoms with van der Waals surface area (Å²) in [4.78, 5) is 0. The van der Waals surface area contributed by atoms with Crippen molar-refractivity contribution >= 4 is 11.6 Å². The van der Waals surface area contributed by atoms with E-state index in [2.05, 4.69) is 6.58 Å². The lowest BCUT2D eigenvalue weighted by Crippen LogP contribution is -2.07. The SMILES string of the molecule is C=C(Cl)C(O)CCc1ccc(F)cc1. The molecule has 1 nitrogen and oxygen atoms in total. The molecular formula is C11H12ClFO. The largest absolute Gasteiger partial charge is 0.388 e. The average Bonchev–Trinajstić information content (AvgIpc) is 2.16. The summed E-state index contributed by atoms with van der Waals surface area (Å²) in [6, 6.07) is 6.19. The summed E-state index contributed by atoms with van der Waals surface area (Å²) < 4.78 is 12.5. The zero-order valence-corrected chi connectivity index (χ0v) is 8.47. The van der Waals surface area contributed by atoms with Gasteiger partial charge in [-0.05, 0) is 30.5 Å². The quantitative estimate of drug-likeness (QED) is 0.817. The van der Waals surface area contributed by atoms with Gasteiger partial charge in [0.2, 0.25) is 0 Å². The van der Waals surface area contributed by atoms with Gasteiger partial charge in [-0.15, -0.1) is 0 Å². The maximum absolute atomic E-state index is 12.5. The van der Waals surface area contributed by atoms with Crippen molar-refractivity contribution in [3.8, 4) is 0 Å². The fourth-order valence-electron chi connectivity index (χ4n) is 1.11. The van der Waals surface area contributed by atoms with Crippen LogP contribution in [0.25, 0.3) is 0 Å². The van der Waals surface area contributed by atoms with Gasteiger partial charge in [-0.25, -0.2) is 4.39 Å². The molecule has 0 spiro atoms. The summed E-state index contributed by atoms with van der Waals surface area (Å²) in [5.74, 6) is -0.254. The van der Waals surface area contributed by atoms with Gasteiger partial charge in [0.25, 0.3) is 0 Å². The lowest BCUT2D eigenvalue weighted by Gasteiger charge is -2.07. The minimum absolute atomic E-state index is 0.243. The van der Waals surface area contributed by atoms with E-state index in [1.54, 1.807) is 12.1 Å². The molecule has 0 bridgehead atoms. The lowest BCUT2D eigenvalue weighted by molar-refractivity contribution is 0.209. The van der Waals surface area contributed by atoms with Crippen molar-refractivity contribution < 1.29 is 9.50 Å².